The highest BCUT2D eigenvalue weighted by Crippen LogP contribution is 2.29. The van der Waals surface area contributed by atoms with Gasteiger partial charge in [-0.15, -0.1) is 0 Å². The van der Waals surface area contributed by atoms with Crippen LogP contribution in [0.1, 0.15) is 17.3 Å². The summed E-state index contributed by atoms with van der Waals surface area (Å²) in [6.07, 6.45) is 3.80. The monoisotopic (exact) mass is 414 g/mol. The van der Waals surface area contributed by atoms with Crippen molar-refractivity contribution in [2.24, 2.45) is 0 Å². The number of hydrogen-bond donors (Lipinski definition) is 1. The summed E-state index contributed by atoms with van der Waals surface area (Å²) in [6.45, 7) is 2.55. The number of rotatable bonds is 5. The van der Waals surface area contributed by atoms with Crippen molar-refractivity contribution in [3.8, 4) is 17.0 Å². The molecule has 0 fully saturated rings. The van der Waals surface area contributed by atoms with Crippen LogP contribution in [0, 0.1) is 0 Å². The standard InChI is InChI=1S/C23H18N4O2S/c1-2-29-17-8-9-18-20(13-17)30-23(25-18)26-22(28)16-10-11-27-14-19(24-21(27)12-16)15-6-4-3-5-7-15/h3-14H,2H2,1H3,(H,25,26,28). The van der Waals surface area contributed by atoms with E-state index in [-0.39, 0.29) is 5.91 Å². The summed E-state index contributed by atoms with van der Waals surface area (Å²) in [5.41, 5.74) is 3.97. The molecule has 5 aromatic rings. The fourth-order valence-corrected chi connectivity index (χ4v) is 4.14. The number of anilines is 1. The van der Waals surface area contributed by atoms with Crippen LogP contribution < -0.4 is 10.1 Å². The molecule has 0 aliphatic heterocycles. The molecule has 2 aromatic carbocycles. The summed E-state index contributed by atoms with van der Waals surface area (Å²) >= 11 is 1.42. The van der Waals surface area contributed by atoms with Gasteiger partial charge in [-0.3, -0.25) is 10.1 Å². The molecule has 5 rings (SSSR count). The molecule has 0 spiro atoms. The van der Waals surface area contributed by atoms with Gasteiger partial charge in [0.05, 0.1) is 22.5 Å². The predicted molar refractivity (Wildman–Crippen MR) is 119 cm³/mol. The third-order valence-electron chi connectivity index (χ3n) is 4.68. The number of imidazole rings is 1. The van der Waals surface area contributed by atoms with Crippen molar-refractivity contribution in [3.05, 3.63) is 78.6 Å². The number of carbonyl (C=O) groups excluding carboxylic acids is 1. The lowest BCUT2D eigenvalue weighted by Gasteiger charge is -2.02. The molecule has 1 N–H and O–H groups in total. The first-order chi connectivity index (χ1) is 14.7. The van der Waals surface area contributed by atoms with Crippen LogP contribution in [0.3, 0.4) is 0 Å². The average molecular weight is 414 g/mol. The van der Waals surface area contributed by atoms with E-state index in [2.05, 4.69) is 15.3 Å². The van der Waals surface area contributed by atoms with Crippen molar-refractivity contribution in [2.45, 2.75) is 6.92 Å². The largest absolute Gasteiger partial charge is 0.494 e. The van der Waals surface area contributed by atoms with Crippen LogP contribution in [-0.4, -0.2) is 26.9 Å². The molecule has 0 atom stereocenters. The molecule has 6 nitrogen and oxygen atoms in total. The van der Waals surface area contributed by atoms with Crippen LogP contribution in [0.15, 0.2) is 73.1 Å². The first-order valence-corrected chi connectivity index (χ1v) is 10.4. The number of aromatic nitrogens is 3. The minimum absolute atomic E-state index is 0.217. The quantitative estimate of drug-likeness (QED) is 0.426. The lowest BCUT2D eigenvalue weighted by molar-refractivity contribution is 0.102. The molecular weight excluding hydrogens is 396 g/mol. The van der Waals surface area contributed by atoms with Gasteiger partial charge in [0.15, 0.2) is 5.13 Å². The second-order valence-corrected chi connectivity index (χ2v) is 7.74. The van der Waals surface area contributed by atoms with E-state index in [1.807, 2.05) is 72.2 Å². The number of thiazole rings is 1. The Labute approximate surface area is 176 Å². The van der Waals surface area contributed by atoms with Gasteiger partial charge >= 0.3 is 0 Å². The van der Waals surface area contributed by atoms with Gasteiger partial charge < -0.3 is 9.14 Å². The van der Waals surface area contributed by atoms with Crippen LogP contribution in [0.4, 0.5) is 5.13 Å². The molecule has 3 heterocycles. The molecule has 7 heteroatoms. The summed E-state index contributed by atoms with van der Waals surface area (Å²) in [5, 5.41) is 3.45. The third-order valence-corrected chi connectivity index (χ3v) is 5.62. The summed E-state index contributed by atoms with van der Waals surface area (Å²) in [6, 6.07) is 19.2. The zero-order valence-electron chi connectivity index (χ0n) is 16.2. The second kappa shape index (κ2) is 7.61. The maximum atomic E-state index is 12.8. The maximum absolute atomic E-state index is 12.8. The molecule has 30 heavy (non-hydrogen) atoms. The van der Waals surface area contributed by atoms with E-state index in [9.17, 15) is 4.79 Å². The highest BCUT2D eigenvalue weighted by Gasteiger charge is 2.12. The van der Waals surface area contributed by atoms with Gasteiger partial charge in [-0.2, -0.15) is 0 Å². The van der Waals surface area contributed by atoms with Crippen molar-refractivity contribution >= 4 is 38.2 Å². The summed E-state index contributed by atoms with van der Waals surface area (Å²) in [5.74, 6) is 0.580. The molecule has 0 radical (unpaired) electrons. The molecular formula is C23H18N4O2S. The van der Waals surface area contributed by atoms with E-state index < -0.39 is 0 Å². The maximum Gasteiger partial charge on any atom is 0.257 e. The molecule has 1 amide bonds. The number of pyridine rings is 1. The highest BCUT2D eigenvalue weighted by atomic mass is 32.1. The van der Waals surface area contributed by atoms with Gasteiger partial charge in [0, 0.05) is 23.5 Å². The fourth-order valence-electron chi connectivity index (χ4n) is 3.26. The normalized spacial score (nSPS) is 11.1. The molecule has 0 aliphatic carbocycles. The molecule has 148 valence electrons. The van der Waals surface area contributed by atoms with Crippen molar-refractivity contribution in [1.82, 2.24) is 14.4 Å². The Morgan fingerprint density at radius 3 is 2.80 bits per heavy atom. The van der Waals surface area contributed by atoms with Gasteiger partial charge in [0.2, 0.25) is 0 Å². The zero-order chi connectivity index (χ0) is 20.5. The smallest absolute Gasteiger partial charge is 0.257 e. The number of nitrogens with zero attached hydrogens (tertiary/aromatic N) is 3. The van der Waals surface area contributed by atoms with E-state index in [0.717, 1.165) is 27.2 Å². The van der Waals surface area contributed by atoms with E-state index in [1.165, 1.54) is 11.3 Å². The number of ether oxygens (including phenoxy) is 1. The highest BCUT2D eigenvalue weighted by molar-refractivity contribution is 7.22. The third kappa shape index (κ3) is 3.51. The topological polar surface area (TPSA) is 68.5 Å². The molecule has 3 aromatic heterocycles. The second-order valence-electron chi connectivity index (χ2n) is 6.71. The van der Waals surface area contributed by atoms with Crippen molar-refractivity contribution < 1.29 is 9.53 Å². The zero-order valence-corrected chi connectivity index (χ0v) is 17.0. The molecule has 0 saturated carbocycles. The van der Waals surface area contributed by atoms with Crippen LogP contribution in [-0.2, 0) is 0 Å². The molecule has 0 saturated heterocycles. The van der Waals surface area contributed by atoms with Crippen LogP contribution in [0.2, 0.25) is 0 Å². The summed E-state index contributed by atoms with van der Waals surface area (Å²) < 4.78 is 8.40. The number of hydrogen-bond acceptors (Lipinski definition) is 5. The van der Waals surface area contributed by atoms with Crippen LogP contribution in [0.25, 0.3) is 27.1 Å². The summed E-state index contributed by atoms with van der Waals surface area (Å²) in [4.78, 5) is 21.9. The van der Waals surface area contributed by atoms with Gasteiger partial charge in [0.25, 0.3) is 5.91 Å². The minimum atomic E-state index is -0.217. The Kier molecular flexibility index (Phi) is 4.65. The number of fused-ring (bicyclic) bond motifs is 2. The lowest BCUT2D eigenvalue weighted by Crippen LogP contribution is -2.11. The summed E-state index contributed by atoms with van der Waals surface area (Å²) in [7, 11) is 0. The van der Waals surface area contributed by atoms with E-state index in [0.29, 0.717) is 22.9 Å². The number of nitrogens with one attached hydrogen (secondary N) is 1. The van der Waals surface area contributed by atoms with Crippen LogP contribution in [0.5, 0.6) is 5.75 Å². The van der Waals surface area contributed by atoms with Gasteiger partial charge in [-0.05, 0) is 37.3 Å². The predicted octanol–water partition coefficient (Wildman–Crippen LogP) is 5.26. The van der Waals surface area contributed by atoms with Crippen molar-refractivity contribution in [3.63, 3.8) is 0 Å². The Morgan fingerprint density at radius 2 is 1.97 bits per heavy atom. The van der Waals surface area contributed by atoms with Crippen LogP contribution >= 0.6 is 11.3 Å². The van der Waals surface area contributed by atoms with Crippen molar-refractivity contribution in [1.29, 1.82) is 0 Å². The van der Waals surface area contributed by atoms with E-state index in [1.54, 1.807) is 12.1 Å². The molecule has 0 unspecified atom stereocenters. The molecule has 0 aliphatic rings. The minimum Gasteiger partial charge on any atom is -0.494 e. The van der Waals surface area contributed by atoms with E-state index in [4.69, 9.17) is 4.74 Å². The SMILES string of the molecule is CCOc1ccc2nc(NC(=O)c3ccn4cc(-c5ccccc5)nc4c3)sc2c1. The number of amides is 1. The Balaban J connectivity index is 1.39. The van der Waals surface area contributed by atoms with Gasteiger partial charge in [-0.25, -0.2) is 9.97 Å². The number of benzene rings is 2. The van der Waals surface area contributed by atoms with Gasteiger partial charge in [-0.1, -0.05) is 41.7 Å². The Bertz CT molecular complexity index is 1360. The first kappa shape index (κ1) is 18.3. The van der Waals surface area contributed by atoms with Crippen molar-refractivity contribution in [2.75, 3.05) is 11.9 Å². The first-order valence-electron chi connectivity index (χ1n) is 9.58. The van der Waals surface area contributed by atoms with Gasteiger partial charge in [0.1, 0.15) is 11.4 Å². The Morgan fingerprint density at radius 1 is 1.10 bits per heavy atom. The fraction of sp³-hybridized carbons (Fsp3) is 0.0870. The number of carbonyl (C=O) groups is 1. The Hall–Kier alpha value is -3.71. The molecule has 0 bridgehead atoms. The lowest BCUT2D eigenvalue weighted by atomic mass is 10.2. The average Bonchev–Trinajstić information content (AvgIpc) is 3.37. The van der Waals surface area contributed by atoms with E-state index >= 15 is 0 Å².